The van der Waals surface area contributed by atoms with Crippen molar-refractivity contribution in [3.05, 3.63) is 182 Å². The van der Waals surface area contributed by atoms with Crippen molar-refractivity contribution in [2.45, 2.75) is 0 Å². The summed E-state index contributed by atoms with van der Waals surface area (Å²) in [5, 5.41) is 2.27. The maximum Gasteiger partial charge on any atom is 0.135 e. The number of hydrogen-bond acceptors (Lipinski definition) is 3. The molecular weight excluding hydrogens is 550 g/mol. The molecule has 0 spiro atoms. The smallest absolute Gasteiger partial charge is 0.135 e. The first kappa shape index (κ1) is 26.6. The van der Waals surface area contributed by atoms with Gasteiger partial charge in [0, 0.05) is 39.0 Å². The Kier molecular flexibility index (Phi) is 6.62. The molecule has 0 fully saturated rings. The molecule has 2 heterocycles. The fourth-order valence-corrected chi connectivity index (χ4v) is 5.98. The number of benzene rings is 6. The first-order valence-corrected chi connectivity index (χ1v) is 15.0. The Bertz CT molecular complexity index is 2240. The molecular formula is C42H29NO2. The molecule has 1 aliphatic rings. The Hall–Kier alpha value is -6.06. The van der Waals surface area contributed by atoms with Crippen LogP contribution in [-0.4, -0.2) is 0 Å². The monoisotopic (exact) mass is 579 g/mol. The van der Waals surface area contributed by atoms with Crippen LogP contribution in [0.5, 0.6) is 5.75 Å². The number of furan rings is 1. The summed E-state index contributed by atoms with van der Waals surface area (Å²) in [5.41, 5.74) is 10.3. The third-order valence-electron chi connectivity index (χ3n) is 8.26. The van der Waals surface area contributed by atoms with Crippen molar-refractivity contribution in [2.24, 2.45) is 0 Å². The Morgan fingerprint density at radius 3 is 1.93 bits per heavy atom. The number of ether oxygens (including phenoxy) is 1. The average molecular weight is 580 g/mol. The van der Waals surface area contributed by atoms with E-state index in [0.717, 1.165) is 78.3 Å². The number of nitrogens with zero attached hydrogens (tertiary/aromatic N) is 1. The number of hydrogen-bond donors (Lipinski definition) is 0. The van der Waals surface area contributed by atoms with Crippen molar-refractivity contribution in [3.8, 4) is 16.9 Å². The Labute approximate surface area is 262 Å². The summed E-state index contributed by atoms with van der Waals surface area (Å²) in [6, 6.07) is 50.3. The molecule has 8 rings (SSSR count). The van der Waals surface area contributed by atoms with E-state index in [2.05, 4.69) is 115 Å². The SMILES string of the molecule is C=C1/C=C\C=C(\c2ccc(N(c3ccccc3)c3ccc(-c4ccc5oc6ccccc6c5c4)cc3)cc2)Oc2ccccc21. The number of rotatable bonds is 5. The summed E-state index contributed by atoms with van der Waals surface area (Å²) in [5.74, 6) is 1.59. The molecule has 3 heteroatoms. The summed E-state index contributed by atoms with van der Waals surface area (Å²) < 4.78 is 12.4. The van der Waals surface area contributed by atoms with Crippen molar-refractivity contribution in [2.75, 3.05) is 4.90 Å². The van der Waals surface area contributed by atoms with Crippen molar-refractivity contribution >= 4 is 50.3 Å². The predicted octanol–water partition coefficient (Wildman–Crippen LogP) is 11.7. The lowest BCUT2D eigenvalue weighted by Gasteiger charge is -2.26. The van der Waals surface area contributed by atoms with E-state index in [1.807, 2.05) is 60.7 Å². The van der Waals surface area contributed by atoms with E-state index in [1.54, 1.807) is 0 Å². The molecule has 0 saturated heterocycles. The molecule has 0 unspecified atom stereocenters. The quantitative estimate of drug-likeness (QED) is 0.203. The predicted molar refractivity (Wildman–Crippen MR) is 187 cm³/mol. The molecule has 0 saturated carbocycles. The van der Waals surface area contributed by atoms with E-state index >= 15 is 0 Å². The van der Waals surface area contributed by atoms with Gasteiger partial charge in [0.1, 0.15) is 22.7 Å². The van der Waals surface area contributed by atoms with Gasteiger partial charge in [-0.2, -0.15) is 0 Å². The van der Waals surface area contributed by atoms with Crippen molar-refractivity contribution < 1.29 is 9.15 Å². The molecule has 1 aromatic heterocycles. The summed E-state index contributed by atoms with van der Waals surface area (Å²) >= 11 is 0. The van der Waals surface area contributed by atoms with Gasteiger partial charge in [-0.25, -0.2) is 0 Å². The second-order valence-electron chi connectivity index (χ2n) is 11.1. The largest absolute Gasteiger partial charge is 0.456 e. The first-order valence-electron chi connectivity index (χ1n) is 15.0. The highest BCUT2D eigenvalue weighted by molar-refractivity contribution is 6.06. The van der Waals surface area contributed by atoms with Gasteiger partial charge >= 0.3 is 0 Å². The van der Waals surface area contributed by atoms with Gasteiger partial charge in [-0.1, -0.05) is 91.5 Å². The topological polar surface area (TPSA) is 25.6 Å². The van der Waals surface area contributed by atoms with Gasteiger partial charge in [-0.15, -0.1) is 0 Å². The van der Waals surface area contributed by atoms with Crippen LogP contribution in [0.15, 0.2) is 175 Å². The molecule has 6 aromatic carbocycles. The molecule has 0 amide bonds. The number of para-hydroxylation sites is 3. The van der Waals surface area contributed by atoms with Crippen LogP contribution in [0, 0.1) is 0 Å². The maximum atomic E-state index is 6.39. The Morgan fingerprint density at radius 1 is 0.511 bits per heavy atom. The number of anilines is 3. The summed E-state index contributed by atoms with van der Waals surface area (Å²) in [6.07, 6.45) is 6.01. The lowest BCUT2D eigenvalue weighted by atomic mass is 10.0. The molecule has 45 heavy (non-hydrogen) atoms. The van der Waals surface area contributed by atoms with Gasteiger partial charge in [-0.05, 0) is 95.6 Å². The molecule has 7 aromatic rings. The molecule has 3 nitrogen and oxygen atoms in total. The highest BCUT2D eigenvalue weighted by atomic mass is 16.5. The van der Waals surface area contributed by atoms with Gasteiger partial charge < -0.3 is 14.1 Å². The molecule has 214 valence electrons. The van der Waals surface area contributed by atoms with E-state index in [1.165, 1.54) is 0 Å². The van der Waals surface area contributed by atoms with Crippen LogP contribution in [0.25, 0.3) is 44.4 Å². The van der Waals surface area contributed by atoms with Gasteiger partial charge in [-0.3, -0.25) is 0 Å². The molecule has 0 N–H and O–H groups in total. The van der Waals surface area contributed by atoms with E-state index in [0.29, 0.717) is 0 Å². The zero-order valence-corrected chi connectivity index (χ0v) is 24.6. The molecule has 0 aliphatic carbocycles. The molecule has 0 bridgehead atoms. The van der Waals surface area contributed by atoms with Crippen LogP contribution in [-0.2, 0) is 0 Å². The minimum Gasteiger partial charge on any atom is -0.456 e. The van der Waals surface area contributed by atoms with Crippen molar-refractivity contribution in [1.29, 1.82) is 0 Å². The lowest BCUT2D eigenvalue weighted by Crippen LogP contribution is -2.10. The van der Waals surface area contributed by atoms with E-state index in [9.17, 15) is 0 Å². The second kappa shape index (κ2) is 11.2. The Balaban J connectivity index is 1.13. The molecule has 0 atom stereocenters. The van der Waals surface area contributed by atoms with Crippen molar-refractivity contribution in [1.82, 2.24) is 0 Å². The maximum absolute atomic E-state index is 6.39. The van der Waals surface area contributed by atoms with Crippen LogP contribution in [0.4, 0.5) is 17.1 Å². The standard InChI is InChI=1S/C42H29NO2/c1-29-10-9-17-39(44-40-15-7-5-13-36(29)40)31-20-25-35(26-21-31)43(33-11-3-2-4-12-33)34-23-18-30(19-24-34)32-22-27-42-38(28-32)37-14-6-8-16-41(37)45-42/h2-28H,1H2/b10-9-,39-17-. The van der Waals surface area contributed by atoms with Gasteiger partial charge in [0.15, 0.2) is 0 Å². The third kappa shape index (κ3) is 5.01. The normalized spacial score (nSPS) is 14.6. The van der Waals surface area contributed by atoms with Gasteiger partial charge in [0.25, 0.3) is 0 Å². The van der Waals surface area contributed by atoms with Crippen LogP contribution < -0.4 is 9.64 Å². The number of allylic oxidation sites excluding steroid dienone is 4. The van der Waals surface area contributed by atoms with Crippen LogP contribution >= 0.6 is 0 Å². The fourth-order valence-electron chi connectivity index (χ4n) is 5.98. The van der Waals surface area contributed by atoms with E-state index in [-0.39, 0.29) is 0 Å². The van der Waals surface area contributed by atoms with Gasteiger partial charge in [0.2, 0.25) is 0 Å². The zero-order chi connectivity index (χ0) is 30.2. The van der Waals surface area contributed by atoms with Crippen LogP contribution in [0.2, 0.25) is 0 Å². The number of fused-ring (bicyclic) bond motifs is 4. The second-order valence-corrected chi connectivity index (χ2v) is 11.1. The third-order valence-corrected chi connectivity index (χ3v) is 8.26. The Morgan fingerprint density at radius 2 is 1.13 bits per heavy atom. The molecule has 0 radical (unpaired) electrons. The van der Waals surface area contributed by atoms with E-state index in [4.69, 9.17) is 9.15 Å². The van der Waals surface area contributed by atoms with Gasteiger partial charge in [0.05, 0.1) is 0 Å². The minimum atomic E-state index is 0.788. The lowest BCUT2D eigenvalue weighted by molar-refractivity contribution is 0.513. The molecule has 1 aliphatic heterocycles. The first-order chi connectivity index (χ1) is 22.2. The highest BCUT2D eigenvalue weighted by Gasteiger charge is 2.16. The van der Waals surface area contributed by atoms with Crippen LogP contribution in [0.3, 0.4) is 0 Å². The highest BCUT2D eigenvalue weighted by Crippen LogP contribution is 2.38. The summed E-state index contributed by atoms with van der Waals surface area (Å²) in [7, 11) is 0. The van der Waals surface area contributed by atoms with Crippen molar-refractivity contribution in [3.63, 3.8) is 0 Å². The fraction of sp³-hybridized carbons (Fsp3) is 0. The summed E-state index contributed by atoms with van der Waals surface area (Å²) in [6.45, 7) is 4.18. The minimum absolute atomic E-state index is 0.788. The zero-order valence-electron chi connectivity index (χ0n) is 24.6. The summed E-state index contributed by atoms with van der Waals surface area (Å²) in [4.78, 5) is 2.27. The van der Waals surface area contributed by atoms with Crippen LogP contribution in [0.1, 0.15) is 11.1 Å². The average Bonchev–Trinajstić information content (AvgIpc) is 3.46. The van der Waals surface area contributed by atoms with E-state index < -0.39 is 0 Å².